The summed E-state index contributed by atoms with van der Waals surface area (Å²) in [4.78, 5) is 1.86. The van der Waals surface area contributed by atoms with Crippen molar-refractivity contribution in [3.8, 4) is 0 Å². The van der Waals surface area contributed by atoms with E-state index in [1.54, 1.807) is 7.11 Å². The van der Waals surface area contributed by atoms with Crippen LogP contribution in [-0.2, 0) is 14.8 Å². The Morgan fingerprint density at radius 1 is 1.43 bits per heavy atom. The van der Waals surface area contributed by atoms with Gasteiger partial charge < -0.3 is 4.74 Å². The van der Waals surface area contributed by atoms with Crippen LogP contribution in [0.25, 0.3) is 0 Å². The first-order chi connectivity index (χ1) is 10.0. The van der Waals surface area contributed by atoms with Crippen molar-refractivity contribution in [2.24, 2.45) is 0 Å². The van der Waals surface area contributed by atoms with E-state index in [9.17, 15) is 12.8 Å². The first kappa shape index (κ1) is 16.4. The molecule has 0 saturated carbocycles. The average molecular weight is 316 g/mol. The molecule has 1 aliphatic heterocycles. The largest absolute Gasteiger partial charge is 0.383 e. The molecule has 0 amide bonds. The highest BCUT2D eigenvalue weighted by Gasteiger charge is 2.26. The molecule has 7 heteroatoms. The van der Waals surface area contributed by atoms with Crippen molar-refractivity contribution in [3.05, 3.63) is 30.1 Å². The van der Waals surface area contributed by atoms with Crippen molar-refractivity contribution in [2.75, 3.05) is 33.4 Å². The summed E-state index contributed by atoms with van der Waals surface area (Å²) in [6, 6.07) is 5.23. The third-order valence-corrected chi connectivity index (χ3v) is 5.12. The molecule has 21 heavy (non-hydrogen) atoms. The van der Waals surface area contributed by atoms with Crippen molar-refractivity contribution < 1.29 is 17.5 Å². The first-order valence-corrected chi connectivity index (χ1v) is 8.49. The molecule has 1 saturated heterocycles. The van der Waals surface area contributed by atoms with Crippen molar-refractivity contribution in [2.45, 2.75) is 23.8 Å². The van der Waals surface area contributed by atoms with Gasteiger partial charge in [0.05, 0.1) is 6.61 Å². The van der Waals surface area contributed by atoms with Crippen LogP contribution < -0.4 is 4.72 Å². The zero-order chi connectivity index (χ0) is 15.3. The summed E-state index contributed by atoms with van der Waals surface area (Å²) in [5, 5.41) is 0. The van der Waals surface area contributed by atoms with Crippen LogP contribution >= 0.6 is 0 Å². The van der Waals surface area contributed by atoms with Crippen LogP contribution in [-0.4, -0.2) is 52.7 Å². The number of piperidine rings is 1. The van der Waals surface area contributed by atoms with Crippen molar-refractivity contribution in [1.29, 1.82) is 0 Å². The van der Waals surface area contributed by atoms with Gasteiger partial charge in [-0.2, -0.15) is 0 Å². The fraction of sp³-hybridized carbons (Fsp3) is 0.571. The van der Waals surface area contributed by atoms with E-state index >= 15 is 0 Å². The molecule has 1 fully saturated rings. The van der Waals surface area contributed by atoms with Crippen LogP contribution in [0.5, 0.6) is 0 Å². The maximum Gasteiger partial charge on any atom is 0.243 e. The number of sulfonamides is 1. The van der Waals surface area contributed by atoms with Gasteiger partial charge in [0.2, 0.25) is 10.0 Å². The highest BCUT2D eigenvalue weighted by Crippen LogP contribution is 2.16. The SMILES string of the molecule is COCCN1CCC[C@H](NS(=O)(=O)c2ccccc2F)C1. The first-order valence-electron chi connectivity index (χ1n) is 7.01. The van der Waals surface area contributed by atoms with E-state index in [0.29, 0.717) is 13.2 Å². The molecule has 1 atom stereocenters. The summed E-state index contributed by atoms with van der Waals surface area (Å²) in [6.45, 7) is 2.94. The topological polar surface area (TPSA) is 58.6 Å². The summed E-state index contributed by atoms with van der Waals surface area (Å²) in [6.07, 6.45) is 1.67. The summed E-state index contributed by atoms with van der Waals surface area (Å²) in [5.74, 6) is -0.725. The summed E-state index contributed by atoms with van der Waals surface area (Å²) in [5.41, 5.74) is 0. The van der Waals surface area contributed by atoms with Gasteiger partial charge >= 0.3 is 0 Å². The average Bonchev–Trinajstić information content (AvgIpc) is 2.45. The van der Waals surface area contributed by atoms with E-state index in [2.05, 4.69) is 9.62 Å². The van der Waals surface area contributed by atoms with Crippen LogP contribution in [0.4, 0.5) is 4.39 Å². The number of hydrogen-bond donors (Lipinski definition) is 1. The maximum atomic E-state index is 13.6. The van der Waals surface area contributed by atoms with Gasteiger partial charge in [0, 0.05) is 26.2 Å². The van der Waals surface area contributed by atoms with Gasteiger partial charge in [-0.1, -0.05) is 12.1 Å². The number of hydrogen-bond acceptors (Lipinski definition) is 4. The van der Waals surface area contributed by atoms with E-state index < -0.39 is 15.8 Å². The molecule has 1 aromatic rings. The van der Waals surface area contributed by atoms with Crippen molar-refractivity contribution in [1.82, 2.24) is 9.62 Å². The lowest BCUT2D eigenvalue weighted by atomic mass is 10.1. The second kappa shape index (κ2) is 7.31. The smallest absolute Gasteiger partial charge is 0.243 e. The van der Waals surface area contributed by atoms with Crippen molar-refractivity contribution in [3.63, 3.8) is 0 Å². The van der Waals surface area contributed by atoms with E-state index in [1.807, 2.05) is 0 Å². The number of nitrogens with one attached hydrogen (secondary N) is 1. The molecule has 118 valence electrons. The molecule has 2 rings (SSSR count). The highest BCUT2D eigenvalue weighted by atomic mass is 32.2. The Hall–Kier alpha value is -1.02. The molecule has 1 aliphatic rings. The van der Waals surface area contributed by atoms with Crippen LogP contribution in [0.3, 0.4) is 0 Å². The monoisotopic (exact) mass is 316 g/mol. The lowest BCUT2D eigenvalue weighted by Crippen LogP contribution is -2.48. The molecule has 0 radical (unpaired) electrons. The maximum absolute atomic E-state index is 13.6. The molecular formula is C14H21FN2O3S. The minimum Gasteiger partial charge on any atom is -0.383 e. The minimum absolute atomic E-state index is 0.194. The number of nitrogens with zero attached hydrogens (tertiary/aromatic N) is 1. The number of halogens is 1. The normalized spacial score (nSPS) is 20.6. The summed E-state index contributed by atoms with van der Waals surface area (Å²) in [7, 11) is -2.18. The molecule has 0 unspecified atom stereocenters. The van der Waals surface area contributed by atoms with Gasteiger partial charge in [-0.05, 0) is 31.5 Å². The van der Waals surface area contributed by atoms with E-state index in [1.165, 1.54) is 18.2 Å². The third-order valence-electron chi connectivity index (χ3n) is 3.57. The van der Waals surface area contributed by atoms with Crippen LogP contribution in [0.2, 0.25) is 0 Å². The molecule has 1 aromatic carbocycles. The van der Waals surface area contributed by atoms with Gasteiger partial charge in [-0.15, -0.1) is 0 Å². The lowest BCUT2D eigenvalue weighted by Gasteiger charge is -2.32. The standard InChI is InChI=1S/C14H21FN2O3S/c1-20-10-9-17-8-4-5-12(11-17)16-21(18,19)14-7-3-2-6-13(14)15/h2-3,6-7,12,16H,4-5,8-11H2,1H3/t12-/m0/s1. The Labute approximate surface area is 125 Å². The molecule has 0 aromatic heterocycles. The Bertz CT molecular complexity index is 565. The zero-order valence-electron chi connectivity index (χ0n) is 12.1. The van der Waals surface area contributed by atoms with Gasteiger partial charge in [-0.25, -0.2) is 17.5 Å². The van der Waals surface area contributed by atoms with Crippen LogP contribution in [0.15, 0.2) is 29.2 Å². The van der Waals surface area contributed by atoms with Gasteiger partial charge in [0.15, 0.2) is 0 Å². The van der Waals surface area contributed by atoms with Crippen LogP contribution in [0.1, 0.15) is 12.8 Å². The predicted molar refractivity (Wildman–Crippen MR) is 78.1 cm³/mol. The predicted octanol–water partition coefficient (Wildman–Crippen LogP) is 1.21. The number of rotatable bonds is 6. The van der Waals surface area contributed by atoms with Crippen molar-refractivity contribution >= 4 is 10.0 Å². The highest BCUT2D eigenvalue weighted by molar-refractivity contribution is 7.89. The number of methoxy groups -OCH3 is 1. The van der Waals surface area contributed by atoms with Gasteiger partial charge in [0.25, 0.3) is 0 Å². The number of likely N-dealkylation sites (tertiary alicyclic amines) is 1. The van der Waals surface area contributed by atoms with E-state index in [-0.39, 0.29) is 10.9 Å². The molecule has 0 bridgehead atoms. The Balaban J connectivity index is 2.01. The van der Waals surface area contributed by atoms with Gasteiger partial charge in [-0.3, -0.25) is 4.90 Å². The van der Waals surface area contributed by atoms with E-state index in [4.69, 9.17) is 4.74 Å². The third kappa shape index (κ3) is 4.47. The lowest BCUT2D eigenvalue weighted by molar-refractivity contribution is 0.126. The second-order valence-electron chi connectivity index (χ2n) is 5.18. The Morgan fingerprint density at radius 2 is 2.19 bits per heavy atom. The quantitative estimate of drug-likeness (QED) is 0.857. The molecule has 5 nitrogen and oxygen atoms in total. The molecule has 1 heterocycles. The molecule has 1 N–H and O–H groups in total. The number of ether oxygens (including phenoxy) is 1. The molecule has 0 spiro atoms. The zero-order valence-corrected chi connectivity index (χ0v) is 12.9. The summed E-state index contributed by atoms with van der Waals surface area (Å²) >= 11 is 0. The fourth-order valence-electron chi connectivity index (χ4n) is 2.52. The van der Waals surface area contributed by atoms with E-state index in [0.717, 1.165) is 32.0 Å². The molecule has 0 aliphatic carbocycles. The number of benzene rings is 1. The fourth-order valence-corrected chi connectivity index (χ4v) is 3.86. The van der Waals surface area contributed by atoms with Crippen LogP contribution in [0, 0.1) is 5.82 Å². The Kier molecular flexibility index (Phi) is 5.69. The van der Waals surface area contributed by atoms with Gasteiger partial charge in [0.1, 0.15) is 10.7 Å². The molecular weight excluding hydrogens is 295 g/mol. The second-order valence-corrected chi connectivity index (χ2v) is 6.87. The summed E-state index contributed by atoms with van der Waals surface area (Å²) < 4.78 is 45.8. The Morgan fingerprint density at radius 3 is 2.90 bits per heavy atom. The minimum atomic E-state index is -3.82.